The van der Waals surface area contributed by atoms with Crippen molar-refractivity contribution in [3.63, 3.8) is 0 Å². The highest BCUT2D eigenvalue weighted by atomic mass is 19.1. The number of hydrazone groups is 1. The van der Waals surface area contributed by atoms with Crippen LogP contribution < -0.4 is 10.6 Å². The van der Waals surface area contributed by atoms with E-state index in [1.165, 1.54) is 11.3 Å². The minimum Gasteiger partial charge on any atom is -0.338 e. The maximum Gasteiger partial charge on any atom is 0.219 e. The average molecular weight is 655 g/mol. The Morgan fingerprint density at radius 3 is 1.96 bits per heavy atom. The van der Waals surface area contributed by atoms with E-state index in [4.69, 9.17) is 0 Å². The number of hydrogen-bond acceptors (Lipinski definition) is 8. The molecule has 12 nitrogen and oxygen atoms in total. The molecule has 5 heterocycles. The van der Waals surface area contributed by atoms with Crippen LogP contribution in [-0.4, -0.2) is 79.1 Å². The van der Waals surface area contributed by atoms with E-state index >= 15 is 0 Å². The minimum absolute atomic E-state index is 0.0363. The van der Waals surface area contributed by atoms with Crippen molar-refractivity contribution in [3.8, 4) is 0 Å². The lowest BCUT2D eigenvalue weighted by Gasteiger charge is -2.26. The van der Waals surface area contributed by atoms with E-state index in [0.717, 1.165) is 59.8 Å². The van der Waals surface area contributed by atoms with E-state index in [-0.39, 0.29) is 23.5 Å². The SMILES string of the molecule is CC(=O)N1CCc2c(c(Nc3ccc(C4C=NN(C)C4)cc3F)nn2C)C1.CC(=O)N1CCc2c(c(Nc3cccc(C)c3)nn2C)C1. The van der Waals surface area contributed by atoms with Gasteiger partial charge in [-0.15, -0.1) is 0 Å². The Morgan fingerprint density at radius 2 is 1.44 bits per heavy atom. The number of nitrogens with zero attached hydrogens (tertiary/aromatic N) is 8. The summed E-state index contributed by atoms with van der Waals surface area (Å²) in [5, 5.41) is 21.6. The van der Waals surface area contributed by atoms with E-state index in [0.29, 0.717) is 31.1 Å². The van der Waals surface area contributed by atoms with E-state index in [9.17, 15) is 14.0 Å². The number of benzene rings is 2. The number of likely N-dealkylation sites (N-methyl/N-ethyl adjacent to an activating group) is 1. The molecule has 0 bridgehead atoms. The van der Waals surface area contributed by atoms with Crippen LogP contribution in [0.5, 0.6) is 0 Å². The van der Waals surface area contributed by atoms with Crippen molar-refractivity contribution in [1.29, 1.82) is 0 Å². The number of carbonyl (C=O) groups excluding carboxylic acids is 2. The van der Waals surface area contributed by atoms with Crippen molar-refractivity contribution in [1.82, 2.24) is 34.4 Å². The molecule has 0 fully saturated rings. The van der Waals surface area contributed by atoms with Gasteiger partial charge in [0.05, 0.1) is 18.8 Å². The third kappa shape index (κ3) is 6.90. The number of carbonyl (C=O) groups is 2. The van der Waals surface area contributed by atoms with Gasteiger partial charge in [-0.1, -0.05) is 18.2 Å². The molecule has 2 aromatic heterocycles. The molecule has 1 atom stereocenters. The lowest BCUT2D eigenvalue weighted by Crippen LogP contribution is -2.34. The second-order valence-corrected chi connectivity index (χ2v) is 12.7. The topological polar surface area (TPSA) is 116 Å². The highest BCUT2D eigenvalue weighted by Gasteiger charge is 2.27. The van der Waals surface area contributed by atoms with E-state index in [1.807, 2.05) is 64.8 Å². The van der Waals surface area contributed by atoms with Crippen LogP contribution in [0, 0.1) is 12.7 Å². The number of aromatic nitrogens is 4. The normalized spacial score (nSPS) is 16.6. The molecule has 2 aromatic carbocycles. The average Bonchev–Trinajstić information content (AvgIpc) is 3.72. The smallest absolute Gasteiger partial charge is 0.219 e. The number of fused-ring (bicyclic) bond motifs is 2. The monoisotopic (exact) mass is 654 g/mol. The molecule has 2 amide bonds. The molecule has 0 saturated heterocycles. The summed E-state index contributed by atoms with van der Waals surface area (Å²) < 4.78 is 18.4. The van der Waals surface area contributed by atoms with E-state index in [1.54, 1.807) is 30.9 Å². The van der Waals surface area contributed by atoms with Crippen molar-refractivity contribution in [2.24, 2.45) is 19.2 Å². The first-order chi connectivity index (χ1) is 23.0. The Kier molecular flexibility index (Phi) is 9.20. The molecule has 3 aliphatic rings. The number of anilines is 4. The van der Waals surface area contributed by atoms with Crippen LogP contribution in [0.4, 0.5) is 27.4 Å². The number of rotatable bonds is 5. The summed E-state index contributed by atoms with van der Waals surface area (Å²) in [6.07, 6.45) is 3.44. The van der Waals surface area contributed by atoms with Crippen LogP contribution in [0.25, 0.3) is 0 Å². The predicted molar refractivity (Wildman–Crippen MR) is 184 cm³/mol. The summed E-state index contributed by atoms with van der Waals surface area (Å²) in [6, 6.07) is 13.4. The van der Waals surface area contributed by atoms with Gasteiger partial charge in [-0.2, -0.15) is 15.3 Å². The first kappa shape index (κ1) is 32.7. The number of hydrogen-bond donors (Lipinski definition) is 2. The Balaban J connectivity index is 0.000000173. The Labute approximate surface area is 280 Å². The van der Waals surface area contributed by atoms with Crippen molar-refractivity contribution in [3.05, 3.63) is 81.9 Å². The standard InChI is InChI=1S/C19H23FN6O.C16H20N4O/c1-12(27)26-7-6-18-15(11-26)19(23-25(18)3)22-17-5-4-13(8-16(17)20)14-9-21-24(2)10-14;1-11-5-4-6-13(9-11)17-16-14-10-20(12(2)21)8-7-15(14)19(3)18-16/h4-5,8-9,14H,6-7,10-11H2,1-3H3,(H,22,23);4-6,9H,7-8,10H2,1-3H3,(H,17,18). The third-order valence-electron chi connectivity index (χ3n) is 9.24. The van der Waals surface area contributed by atoms with Crippen molar-refractivity contribution >= 4 is 41.0 Å². The van der Waals surface area contributed by atoms with Gasteiger partial charge >= 0.3 is 0 Å². The Morgan fingerprint density at radius 1 is 0.833 bits per heavy atom. The first-order valence-electron chi connectivity index (χ1n) is 16.2. The molecular formula is C35H43FN10O2. The summed E-state index contributed by atoms with van der Waals surface area (Å²) >= 11 is 0. The minimum atomic E-state index is -0.325. The molecule has 3 aliphatic heterocycles. The van der Waals surface area contributed by atoms with Crippen LogP contribution in [0.3, 0.4) is 0 Å². The molecule has 2 N–H and O–H groups in total. The molecule has 0 radical (unpaired) electrons. The fraction of sp³-hybridized carbons (Fsp3) is 0.400. The van der Waals surface area contributed by atoms with Gasteiger partial charge in [-0.05, 0) is 42.3 Å². The molecule has 0 aliphatic carbocycles. The molecular weight excluding hydrogens is 611 g/mol. The van der Waals surface area contributed by atoms with Gasteiger partial charge in [0.25, 0.3) is 0 Å². The fourth-order valence-corrected chi connectivity index (χ4v) is 6.54. The van der Waals surface area contributed by atoms with E-state index < -0.39 is 0 Å². The number of aryl methyl sites for hydroxylation is 3. The third-order valence-corrected chi connectivity index (χ3v) is 9.24. The van der Waals surface area contributed by atoms with E-state index in [2.05, 4.69) is 45.0 Å². The van der Waals surface area contributed by atoms with Gasteiger partial charge in [0.2, 0.25) is 11.8 Å². The summed E-state index contributed by atoms with van der Waals surface area (Å²) in [5.74, 6) is 1.39. The van der Waals surface area contributed by atoms with Gasteiger partial charge in [0, 0.05) is 108 Å². The summed E-state index contributed by atoms with van der Waals surface area (Å²) in [7, 11) is 5.74. The van der Waals surface area contributed by atoms with Crippen LogP contribution >= 0.6 is 0 Å². The summed E-state index contributed by atoms with van der Waals surface area (Å²) in [6.45, 7) is 8.58. The van der Waals surface area contributed by atoms with Crippen molar-refractivity contribution < 1.29 is 14.0 Å². The lowest BCUT2D eigenvalue weighted by molar-refractivity contribution is -0.130. The van der Waals surface area contributed by atoms with Crippen molar-refractivity contribution in [2.45, 2.75) is 52.6 Å². The zero-order chi connectivity index (χ0) is 34.1. The highest BCUT2D eigenvalue weighted by molar-refractivity contribution is 5.75. The summed E-state index contributed by atoms with van der Waals surface area (Å²) in [4.78, 5) is 27.0. The Hall–Kier alpha value is -5.20. The van der Waals surface area contributed by atoms with Crippen LogP contribution in [-0.2, 0) is 49.6 Å². The molecule has 48 heavy (non-hydrogen) atoms. The Bertz CT molecular complexity index is 1880. The maximum absolute atomic E-state index is 14.7. The molecule has 1 unspecified atom stereocenters. The number of amides is 2. The van der Waals surface area contributed by atoms with Gasteiger partial charge < -0.3 is 20.4 Å². The zero-order valence-electron chi connectivity index (χ0n) is 28.4. The zero-order valence-corrected chi connectivity index (χ0v) is 28.4. The van der Waals surface area contributed by atoms with Gasteiger partial charge in [0.1, 0.15) is 5.82 Å². The second-order valence-electron chi connectivity index (χ2n) is 12.7. The van der Waals surface area contributed by atoms with Crippen LogP contribution in [0.2, 0.25) is 0 Å². The summed E-state index contributed by atoms with van der Waals surface area (Å²) in [5.41, 5.74) is 7.87. The van der Waals surface area contributed by atoms with Gasteiger partial charge in [-0.3, -0.25) is 24.0 Å². The quantitative estimate of drug-likeness (QED) is 0.323. The number of halogens is 1. The largest absolute Gasteiger partial charge is 0.338 e. The maximum atomic E-state index is 14.7. The van der Waals surface area contributed by atoms with Gasteiger partial charge in [-0.25, -0.2) is 4.39 Å². The predicted octanol–water partition coefficient (Wildman–Crippen LogP) is 4.60. The van der Waals surface area contributed by atoms with Crippen LogP contribution in [0.1, 0.15) is 53.4 Å². The molecule has 252 valence electrons. The first-order valence-corrected chi connectivity index (χ1v) is 16.2. The van der Waals surface area contributed by atoms with Crippen molar-refractivity contribution in [2.75, 3.05) is 37.3 Å². The molecule has 13 heteroatoms. The molecule has 0 saturated carbocycles. The number of nitrogens with one attached hydrogen (secondary N) is 2. The van der Waals surface area contributed by atoms with Crippen LogP contribution in [0.15, 0.2) is 47.6 Å². The lowest BCUT2D eigenvalue weighted by atomic mass is 10.0. The molecule has 7 rings (SSSR count). The molecule has 4 aromatic rings. The fourth-order valence-electron chi connectivity index (χ4n) is 6.54. The molecule has 0 spiro atoms. The second kappa shape index (κ2) is 13.5. The highest BCUT2D eigenvalue weighted by Crippen LogP contribution is 2.31. The van der Waals surface area contributed by atoms with Gasteiger partial charge in [0.15, 0.2) is 11.6 Å².